The molecule has 3 rings (SSSR count). The molecular formula is C16H16ClN5O2. The number of aromatic nitrogens is 2. The molecule has 2 N–H and O–H groups in total. The summed E-state index contributed by atoms with van der Waals surface area (Å²) in [5, 5.41) is 0.565. The van der Waals surface area contributed by atoms with E-state index >= 15 is 0 Å². The average Bonchev–Trinajstić information content (AvgIpc) is 2.89. The van der Waals surface area contributed by atoms with Gasteiger partial charge in [-0.3, -0.25) is 20.4 Å². The van der Waals surface area contributed by atoms with Crippen molar-refractivity contribution < 1.29 is 9.59 Å². The molecule has 124 valence electrons. The van der Waals surface area contributed by atoms with E-state index in [0.717, 1.165) is 5.56 Å². The van der Waals surface area contributed by atoms with Crippen LogP contribution in [0.2, 0.25) is 5.02 Å². The summed E-state index contributed by atoms with van der Waals surface area (Å²) in [7, 11) is 1.69. The molecule has 2 amide bonds. The minimum absolute atomic E-state index is 0.0870. The Morgan fingerprint density at radius 3 is 2.75 bits per heavy atom. The van der Waals surface area contributed by atoms with Gasteiger partial charge in [-0.25, -0.2) is 9.97 Å². The van der Waals surface area contributed by atoms with Gasteiger partial charge in [-0.1, -0.05) is 23.7 Å². The molecule has 2 aromatic rings. The van der Waals surface area contributed by atoms with E-state index in [4.69, 9.17) is 11.6 Å². The first kappa shape index (κ1) is 16.2. The summed E-state index contributed by atoms with van der Waals surface area (Å²) in [4.78, 5) is 34.1. The fourth-order valence-electron chi connectivity index (χ4n) is 2.83. The molecule has 1 fully saturated rings. The monoisotopic (exact) mass is 345 g/mol. The van der Waals surface area contributed by atoms with Gasteiger partial charge in [0.2, 0.25) is 17.8 Å². The molecule has 2 unspecified atom stereocenters. The zero-order chi connectivity index (χ0) is 17.1. The van der Waals surface area contributed by atoms with Crippen molar-refractivity contribution in [3.05, 3.63) is 53.3 Å². The van der Waals surface area contributed by atoms with Gasteiger partial charge in [0.15, 0.2) is 0 Å². The van der Waals surface area contributed by atoms with E-state index in [-0.39, 0.29) is 30.2 Å². The van der Waals surface area contributed by atoms with Gasteiger partial charge in [-0.15, -0.1) is 0 Å². The number of hydrogen-bond acceptors (Lipinski definition) is 5. The topological polar surface area (TPSA) is 87.2 Å². The van der Waals surface area contributed by atoms with Crippen molar-refractivity contribution >= 4 is 29.4 Å². The summed E-state index contributed by atoms with van der Waals surface area (Å²) in [5.74, 6) is -0.638. The third-order valence-electron chi connectivity index (χ3n) is 3.98. The highest BCUT2D eigenvalue weighted by Gasteiger charge is 2.42. The van der Waals surface area contributed by atoms with Crippen LogP contribution in [-0.2, 0) is 9.59 Å². The molecule has 1 aromatic heterocycles. The number of likely N-dealkylation sites (tertiary alicyclic amines) is 1. The van der Waals surface area contributed by atoms with Crippen LogP contribution in [-0.4, -0.2) is 33.7 Å². The molecule has 1 aliphatic heterocycles. The summed E-state index contributed by atoms with van der Waals surface area (Å²) < 4.78 is 0. The van der Waals surface area contributed by atoms with Crippen molar-refractivity contribution in [3.63, 3.8) is 0 Å². The second kappa shape index (κ2) is 6.84. The number of carbonyl (C=O) groups excluding carboxylic acids is 2. The van der Waals surface area contributed by atoms with E-state index in [9.17, 15) is 9.59 Å². The SMILES string of the molecule is CN1C(=O)CC(C(=O)NNc2ncccn2)C1c1cccc(Cl)c1. The number of halogens is 1. The van der Waals surface area contributed by atoms with Crippen LogP contribution in [0.4, 0.5) is 5.95 Å². The Labute approximate surface area is 144 Å². The molecule has 0 spiro atoms. The van der Waals surface area contributed by atoms with E-state index in [1.807, 2.05) is 6.07 Å². The molecule has 0 saturated carbocycles. The van der Waals surface area contributed by atoms with E-state index in [1.165, 1.54) is 0 Å². The number of anilines is 1. The Morgan fingerprint density at radius 1 is 1.29 bits per heavy atom. The van der Waals surface area contributed by atoms with Crippen LogP contribution in [0.5, 0.6) is 0 Å². The summed E-state index contributed by atoms with van der Waals surface area (Å²) in [5.41, 5.74) is 6.05. The smallest absolute Gasteiger partial charge is 0.244 e. The van der Waals surface area contributed by atoms with Gasteiger partial charge in [-0.2, -0.15) is 0 Å². The molecule has 24 heavy (non-hydrogen) atoms. The van der Waals surface area contributed by atoms with Gasteiger partial charge in [0.05, 0.1) is 12.0 Å². The van der Waals surface area contributed by atoms with Crippen molar-refractivity contribution in [2.24, 2.45) is 5.92 Å². The number of hydrogen-bond donors (Lipinski definition) is 2. The number of rotatable bonds is 4. The minimum Gasteiger partial charge on any atom is -0.338 e. The van der Waals surface area contributed by atoms with Crippen LogP contribution in [0, 0.1) is 5.92 Å². The van der Waals surface area contributed by atoms with Crippen molar-refractivity contribution in [1.29, 1.82) is 0 Å². The lowest BCUT2D eigenvalue weighted by atomic mass is 9.93. The first-order chi connectivity index (χ1) is 11.6. The number of nitrogens with one attached hydrogen (secondary N) is 2. The standard InChI is InChI=1S/C16H16ClN5O2/c1-22-13(23)9-12(14(22)10-4-2-5-11(17)8-10)15(24)20-21-16-18-6-3-7-19-16/h2-8,12,14H,9H2,1H3,(H,20,24)(H,18,19,21). The van der Waals surface area contributed by atoms with Crippen LogP contribution < -0.4 is 10.9 Å². The first-order valence-corrected chi connectivity index (χ1v) is 7.78. The highest BCUT2D eigenvalue weighted by Crippen LogP contribution is 2.37. The van der Waals surface area contributed by atoms with Crippen molar-refractivity contribution in [2.75, 3.05) is 12.5 Å². The van der Waals surface area contributed by atoms with Gasteiger partial charge in [0.1, 0.15) is 0 Å². The van der Waals surface area contributed by atoms with Crippen LogP contribution in [0.1, 0.15) is 18.0 Å². The van der Waals surface area contributed by atoms with Crippen LogP contribution in [0.15, 0.2) is 42.7 Å². The minimum atomic E-state index is -0.530. The summed E-state index contributed by atoms with van der Waals surface area (Å²) >= 11 is 6.04. The van der Waals surface area contributed by atoms with Gasteiger partial charge in [0.25, 0.3) is 0 Å². The lowest BCUT2D eigenvalue weighted by molar-refractivity contribution is -0.128. The summed E-state index contributed by atoms with van der Waals surface area (Å²) in [6, 6.07) is 8.50. The van der Waals surface area contributed by atoms with E-state index in [1.54, 1.807) is 48.6 Å². The molecule has 1 aliphatic rings. The second-order valence-electron chi connectivity index (χ2n) is 5.50. The number of benzene rings is 1. The van der Waals surface area contributed by atoms with E-state index < -0.39 is 5.92 Å². The Morgan fingerprint density at radius 2 is 2.04 bits per heavy atom. The molecular weight excluding hydrogens is 330 g/mol. The highest BCUT2D eigenvalue weighted by atomic mass is 35.5. The third-order valence-corrected chi connectivity index (χ3v) is 4.21. The molecule has 1 saturated heterocycles. The molecule has 2 atom stereocenters. The van der Waals surface area contributed by atoms with Crippen LogP contribution >= 0.6 is 11.6 Å². The largest absolute Gasteiger partial charge is 0.338 e. The van der Waals surface area contributed by atoms with Gasteiger partial charge < -0.3 is 4.90 Å². The average molecular weight is 346 g/mol. The first-order valence-electron chi connectivity index (χ1n) is 7.40. The molecule has 7 nitrogen and oxygen atoms in total. The zero-order valence-corrected chi connectivity index (χ0v) is 13.7. The van der Waals surface area contributed by atoms with Crippen molar-refractivity contribution in [3.8, 4) is 0 Å². The molecule has 8 heteroatoms. The van der Waals surface area contributed by atoms with Gasteiger partial charge in [0, 0.05) is 30.9 Å². The predicted octanol–water partition coefficient (Wildman–Crippen LogP) is 1.79. The Bertz CT molecular complexity index is 755. The normalized spacial score (nSPS) is 20.1. The number of hydrazine groups is 1. The van der Waals surface area contributed by atoms with Crippen molar-refractivity contribution in [2.45, 2.75) is 12.5 Å². The van der Waals surface area contributed by atoms with E-state index in [2.05, 4.69) is 20.8 Å². The summed E-state index contributed by atoms with van der Waals surface area (Å²) in [6.07, 6.45) is 3.25. The number of nitrogens with zero attached hydrogens (tertiary/aromatic N) is 3. The third kappa shape index (κ3) is 3.30. The predicted molar refractivity (Wildman–Crippen MR) is 88.9 cm³/mol. The molecule has 0 radical (unpaired) electrons. The highest BCUT2D eigenvalue weighted by molar-refractivity contribution is 6.30. The molecule has 2 heterocycles. The quantitative estimate of drug-likeness (QED) is 0.825. The van der Waals surface area contributed by atoms with E-state index in [0.29, 0.717) is 5.02 Å². The van der Waals surface area contributed by atoms with Crippen LogP contribution in [0.25, 0.3) is 0 Å². The summed E-state index contributed by atoms with van der Waals surface area (Å²) in [6.45, 7) is 0. The second-order valence-corrected chi connectivity index (χ2v) is 5.94. The van der Waals surface area contributed by atoms with Crippen molar-refractivity contribution in [1.82, 2.24) is 20.3 Å². The maximum atomic E-state index is 12.5. The molecule has 0 aliphatic carbocycles. The Balaban J connectivity index is 1.77. The maximum Gasteiger partial charge on any atom is 0.244 e. The van der Waals surface area contributed by atoms with Gasteiger partial charge in [-0.05, 0) is 23.8 Å². The lowest BCUT2D eigenvalue weighted by Gasteiger charge is -2.25. The Kier molecular flexibility index (Phi) is 4.61. The van der Waals surface area contributed by atoms with Crippen LogP contribution in [0.3, 0.4) is 0 Å². The lowest BCUT2D eigenvalue weighted by Crippen LogP contribution is -2.38. The molecule has 0 bridgehead atoms. The number of carbonyl (C=O) groups is 2. The fourth-order valence-corrected chi connectivity index (χ4v) is 3.02. The maximum absolute atomic E-state index is 12.5. The molecule has 1 aromatic carbocycles. The van der Waals surface area contributed by atoms with Gasteiger partial charge >= 0.3 is 0 Å². The Hall–Kier alpha value is -2.67. The zero-order valence-electron chi connectivity index (χ0n) is 12.9. The fraction of sp³-hybridized carbons (Fsp3) is 0.250. The number of amides is 2.